The lowest BCUT2D eigenvalue weighted by Gasteiger charge is -2.44. The molecule has 0 spiro atoms. The van der Waals surface area contributed by atoms with Crippen molar-refractivity contribution in [3.05, 3.63) is 47.5 Å². The number of alkyl halides is 1. The molecule has 3 rings (SSSR count). The third-order valence-electron chi connectivity index (χ3n) is 5.82. The van der Waals surface area contributed by atoms with E-state index in [1.54, 1.807) is 11.0 Å². The van der Waals surface area contributed by atoms with Gasteiger partial charge in [0.05, 0.1) is 12.1 Å². The van der Waals surface area contributed by atoms with Gasteiger partial charge in [-0.1, -0.05) is 30.7 Å². The normalized spacial score (nSPS) is 31.3. The standard InChI is InChI=1S/C18H23Cl2N3O/c1-13(19)17(2)8-7-15(9-14-3-5-16(20)6-4-14)18(17,24)10-23-12-21-11-22-23/h3-6,11-13,15,24H,7-10H2,1-2H3. The van der Waals surface area contributed by atoms with Gasteiger partial charge in [0, 0.05) is 15.8 Å². The first-order valence-corrected chi connectivity index (χ1v) is 9.10. The van der Waals surface area contributed by atoms with Crippen LogP contribution in [-0.4, -0.2) is 30.8 Å². The van der Waals surface area contributed by atoms with Gasteiger partial charge in [0.1, 0.15) is 12.7 Å². The minimum atomic E-state index is -0.943. The Balaban J connectivity index is 1.90. The summed E-state index contributed by atoms with van der Waals surface area (Å²) in [5.74, 6) is 0.106. The second-order valence-corrected chi connectivity index (χ2v) is 8.21. The number of benzene rings is 1. The highest BCUT2D eigenvalue weighted by Crippen LogP contribution is 2.55. The van der Waals surface area contributed by atoms with Gasteiger partial charge in [-0.05, 0) is 49.8 Å². The average molecular weight is 368 g/mol. The first-order valence-electron chi connectivity index (χ1n) is 8.28. The largest absolute Gasteiger partial charge is 0.387 e. The van der Waals surface area contributed by atoms with Crippen LogP contribution in [0.1, 0.15) is 32.3 Å². The zero-order valence-electron chi connectivity index (χ0n) is 14.0. The summed E-state index contributed by atoms with van der Waals surface area (Å²) in [4.78, 5) is 4.00. The number of hydrogen-bond donors (Lipinski definition) is 1. The molecule has 1 heterocycles. The summed E-state index contributed by atoms with van der Waals surface area (Å²) in [5, 5.41) is 16.5. The third-order valence-corrected chi connectivity index (χ3v) is 6.55. The van der Waals surface area contributed by atoms with E-state index < -0.39 is 5.60 Å². The van der Waals surface area contributed by atoms with E-state index in [0.717, 1.165) is 24.3 Å². The smallest absolute Gasteiger partial charge is 0.137 e. The van der Waals surface area contributed by atoms with Crippen molar-refractivity contribution in [2.75, 3.05) is 0 Å². The van der Waals surface area contributed by atoms with Gasteiger partial charge < -0.3 is 5.11 Å². The highest BCUT2D eigenvalue weighted by molar-refractivity contribution is 6.30. The quantitative estimate of drug-likeness (QED) is 0.813. The van der Waals surface area contributed by atoms with E-state index in [1.807, 2.05) is 31.2 Å². The van der Waals surface area contributed by atoms with Gasteiger partial charge in [-0.25, -0.2) is 4.98 Å². The first kappa shape index (κ1) is 17.7. The molecule has 1 fully saturated rings. The summed E-state index contributed by atoms with van der Waals surface area (Å²) >= 11 is 12.5. The van der Waals surface area contributed by atoms with Gasteiger partial charge in [0.25, 0.3) is 0 Å². The van der Waals surface area contributed by atoms with Crippen molar-refractivity contribution in [3.8, 4) is 0 Å². The van der Waals surface area contributed by atoms with E-state index in [0.29, 0.717) is 6.54 Å². The van der Waals surface area contributed by atoms with E-state index in [1.165, 1.54) is 11.9 Å². The van der Waals surface area contributed by atoms with E-state index in [4.69, 9.17) is 23.2 Å². The molecule has 1 aliphatic rings. The molecule has 1 saturated carbocycles. The molecule has 1 N–H and O–H groups in total. The van der Waals surface area contributed by atoms with Gasteiger partial charge in [-0.3, -0.25) is 4.68 Å². The van der Waals surface area contributed by atoms with Crippen LogP contribution in [0.25, 0.3) is 0 Å². The lowest BCUT2D eigenvalue weighted by Crippen LogP contribution is -2.54. The number of aromatic nitrogens is 3. The summed E-state index contributed by atoms with van der Waals surface area (Å²) in [6.07, 6.45) is 5.76. The third kappa shape index (κ3) is 3.07. The molecule has 0 amide bonds. The highest BCUT2D eigenvalue weighted by Gasteiger charge is 2.58. The van der Waals surface area contributed by atoms with E-state index in [9.17, 15) is 5.11 Å². The Morgan fingerprint density at radius 2 is 2.08 bits per heavy atom. The van der Waals surface area contributed by atoms with Crippen molar-refractivity contribution < 1.29 is 5.11 Å². The lowest BCUT2D eigenvalue weighted by molar-refractivity contribution is -0.0982. The predicted octanol–water partition coefficient (Wildman–Crippen LogP) is 3.95. The van der Waals surface area contributed by atoms with Crippen LogP contribution in [0.4, 0.5) is 0 Å². The van der Waals surface area contributed by atoms with Crippen molar-refractivity contribution in [1.29, 1.82) is 0 Å². The average Bonchev–Trinajstić information content (AvgIpc) is 3.12. The molecule has 2 aromatic rings. The zero-order valence-corrected chi connectivity index (χ0v) is 15.5. The topological polar surface area (TPSA) is 50.9 Å². The van der Waals surface area contributed by atoms with Crippen LogP contribution < -0.4 is 0 Å². The van der Waals surface area contributed by atoms with Crippen molar-refractivity contribution >= 4 is 23.2 Å². The molecule has 130 valence electrons. The molecule has 24 heavy (non-hydrogen) atoms. The summed E-state index contributed by atoms with van der Waals surface area (Å²) in [7, 11) is 0. The molecule has 4 nitrogen and oxygen atoms in total. The minimum absolute atomic E-state index is 0.106. The van der Waals surface area contributed by atoms with Crippen LogP contribution in [0.2, 0.25) is 5.02 Å². The van der Waals surface area contributed by atoms with Crippen molar-refractivity contribution in [2.45, 2.75) is 50.6 Å². The molecule has 0 radical (unpaired) electrons. The molecule has 1 aromatic heterocycles. The molecule has 1 aliphatic carbocycles. The molecule has 0 saturated heterocycles. The summed E-state index contributed by atoms with van der Waals surface area (Å²) in [5.41, 5.74) is -0.146. The number of halogens is 2. The van der Waals surface area contributed by atoms with Gasteiger partial charge >= 0.3 is 0 Å². The molecule has 0 bridgehead atoms. The van der Waals surface area contributed by atoms with Crippen molar-refractivity contribution in [1.82, 2.24) is 14.8 Å². The van der Waals surface area contributed by atoms with Gasteiger partial charge in [-0.2, -0.15) is 5.10 Å². The van der Waals surface area contributed by atoms with Crippen LogP contribution in [0.15, 0.2) is 36.9 Å². The fraction of sp³-hybridized carbons (Fsp3) is 0.556. The Bertz CT molecular complexity index is 674. The Morgan fingerprint density at radius 1 is 1.38 bits per heavy atom. The Morgan fingerprint density at radius 3 is 2.67 bits per heavy atom. The van der Waals surface area contributed by atoms with E-state index >= 15 is 0 Å². The van der Waals surface area contributed by atoms with E-state index in [2.05, 4.69) is 17.0 Å². The van der Waals surface area contributed by atoms with Crippen LogP contribution in [0, 0.1) is 11.3 Å². The minimum Gasteiger partial charge on any atom is -0.387 e. The Hall–Kier alpha value is -1.10. The molecule has 4 atom stereocenters. The van der Waals surface area contributed by atoms with Crippen LogP contribution >= 0.6 is 23.2 Å². The summed E-state index contributed by atoms with van der Waals surface area (Å²) in [6, 6.07) is 7.84. The van der Waals surface area contributed by atoms with Gasteiger partial charge in [0.15, 0.2) is 0 Å². The molecular weight excluding hydrogens is 345 g/mol. The Labute approximate surface area is 152 Å². The molecule has 0 aliphatic heterocycles. The van der Waals surface area contributed by atoms with Gasteiger partial charge in [-0.15, -0.1) is 11.6 Å². The second kappa shape index (κ2) is 6.66. The zero-order chi connectivity index (χ0) is 17.4. The highest BCUT2D eigenvalue weighted by atomic mass is 35.5. The number of rotatable bonds is 5. The fourth-order valence-electron chi connectivity index (χ4n) is 3.99. The maximum Gasteiger partial charge on any atom is 0.137 e. The van der Waals surface area contributed by atoms with Crippen molar-refractivity contribution in [3.63, 3.8) is 0 Å². The molecular formula is C18H23Cl2N3O. The maximum atomic E-state index is 11.7. The van der Waals surface area contributed by atoms with Crippen LogP contribution in [0.5, 0.6) is 0 Å². The molecule has 4 unspecified atom stereocenters. The van der Waals surface area contributed by atoms with Gasteiger partial charge in [0.2, 0.25) is 0 Å². The first-order chi connectivity index (χ1) is 11.3. The monoisotopic (exact) mass is 367 g/mol. The summed E-state index contributed by atoms with van der Waals surface area (Å²) in [6.45, 7) is 4.46. The summed E-state index contributed by atoms with van der Waals surface area (Å²) < 4.78 is 1.71. The van der Waals surface area contributed by atoms with E-state index in [-0.39, 0.29) is 16.7 Å². The van der Waals surface area contributed by atoms with Crippen LogP contribution in [-0.2, 0) is 13.0 Å². The lowest BCUT2D eigenvalue weighted by atomic mass is 9.69. The molecule has 1 aromatic carbocycles. The predicted molar refractivity (Wildman–Crippen MR) is 96.3 cm³/mol. The number of aliphatic hydroxyl groups is 1. The molecule has 6 heteroatoms. The van der Waals surface area contributed by atoms with Crippen LogP contribution in [0.3, 0.4) is 0 Å². The Kier molecular flexibility index (Phi) is 4.92. The number of nitrogens with zero attached hydrogens (tertiary/aromatic N) is 3. The SMILES string of the molecule is CC(Cl)C1(C)CCC(Cc2ccc(Cl)cc2)C1(O)Cn1cncn1. The fourth-order valence-corrected chi connectivity index (χ4v) is 4.41. The maximum absolute atomic E-state index is 11.7. The number of hydrogen-bond acceptors (Lipinski definition) is 3. The second-order valence-electron chi connectivity index (χ2n) is 7.12. The van der Waals surface area contributed by atoms with Crippen molar-refractivity contribution in [2.24, 2.45) is 11.3 Å².